The van der Waals surface area contributed by atoms with Crippen molar-refractivity contribution < 1.29 is 4.79 Å². The summed E-state index contributed by atoms with van der Waals surface area (Å²) in [6.45, 7) is 3.60. The van der Waals surface area contributed by atoms with Crippen LogP contribution in [0.15, 0.2) is 52.1 Å². The monoisotopic (exact) mass is 411 g/mol. The van der Waals surface area contributed by atoms with Gasteiger partial charge < -0.3 is 9.88 Å². The van der Waals surface area contributed by atoms with Crippen molar-refractivity contribution >= 4 is 28.4 Å². The molecule has 29 heavy (non-hydrogen) atoms. The number of halogens is 1. The van der Waals surface area contributed by atoms with E-state index >= 15 is 0 Å². The fourth-order valence-electron chi connectivity index (χ4n) is 3.93. The Morgan fingerprint density at radius 2 is 1.86 bits per heavy atom. The first-order valence-electron chi connectivity index (χ1n) is 9.83. The largest absolute Gasteiger partial charge is 0.339 e. The number of aromatic amines is 1. The topological polar surface area (TPSA) is 75.2 Å². The molecule has 0 spiro atoms. The maximum atomic E-state index is 13.0. The van der Waals surface area contributed by atoms with Gasteiger partial charge in [-0.25, -0.2) is 9.36 Å². The summed E-state index contributed by atoms with van der Waals surface area (Å²) in [7, 11) is 0. The molecule has 1 aliphatic heterocycles. The van der Waals surface area contributed by atoms with E-state index in [0.717, 1.165) is 23.8 Å². The fraction of sp³-hybridized carbons (Fsp3) is 0.318. The summed E-state index contributed by atoms with van der Waals surface area (Å²) in [4.78, 5) is 43.1. The Hall–Kier alpha value is -2.86. The molecule has 2 heterocycles. The summed E-state index contributed by atoms with van der Waals surface area (Å²) in [5.41, 5.74) is 0.0150. The Morgan fingerprint density at radius 3 is 2.59 bits per heavy atom. The first kappa shape index (κ1) is 19.5. The maximum Gasteiger partial charge on any atom is 0.333 e. The zero-order chi connectivity index (χ0) is 20.5. The molecule has 0 aliphatic carbocycles. The van der Waals surface area contributed by atoms with Crippen molar-refractivity contribution in [2.24, 2.45) is 5.92 Å². The lowest BCUT2D eigenvalue weighted by Crippen LogP contribution is -2.38. The minimum Gasteiger partial charge on any atom is -0.339 e. The van der Waals surface area contributed by atoms with Crippen LogP contribution < -0.4 is 11.2 Å². The number of carbonyl (C=O) groups is 1. The number of nitrogens with zero attached hydrogens (tertiary/aromatic N) is 2. The molecule has 1 aromatic heterocycles. The minimum atomic E-state index is -0.594. The Bertz CT molecular complexity index is 1190. The van der Waals surface area contributed by atoms with Gasteiger partial charge in [-0.05, 0) is 49.1 Å². The molecule has 2 aromatic carbocycles. The third-order valence-electron chi connectivity index (χ3n) is 5.72. The van der Waals surface area contributed by atoms with Gasteiger partial charge in [0.25, 0.3) is 11.5 Å². The standard InChI is InChI=1S/C22H22ClN3O3/c1-2-14-9-11-25(12-10-14)20(27)15-7-8-17(23)19(13-15)26-21(28)16-5-3-4-6-18(16)24-22(26)29/h3-8,13-14H,2,9-12H2,1H3,(H,24,29). The van der Waals surface area contributed by atoms with E-state index < -0.39 is 11.2 Å². The molecule has 0 radical (unpaired) electrons. The quantitative estimate of drug-likeness (QED) is 0.715. The van der Waals surface area contributed by atoms with Crippen LogP contribution in [0.1, 0.15) is 36.5 Å². The van der Waals surface area contributed by atoms with Crippen LogP contribution in [-0.4, -0.2) is 33.4 Å². The van der Waals surface area contributed by atoms with Crippen LogP contribution >= 0.6 is 11.6 Å². The number of piperidine rings is 1. The van der Waals surface area contributed by atoms with E-state index in [1.54, 1.807) is 36.4 Å². The number of fused-ring (bicyclic) bond motifs is 1. The van der Waals surface area contributed by atoms with Gasteiger partial charge in [0.15, 0.2) is 0 Å². The van der Waals surface area contributed by atoms with Crippen LogP contribution in [0.4, 0.5) is 0 Å². The van der Waals surface area contributed by atoms with Crippen LogP contribution in [0.2, 0.25) is 5.02 Å². The average Bonchev–Trinajstić information content (AvgIpc) is 2.74. The van der Waals surface area contributed by atoms with Gasteiger partial charge in [0.2, 0.25) is 0 Å². The summed E-state index contributed by atoms with van der Waals surface area (Å²) in [5, 5.41) is 0.607. The van der Waals surface area contributed by atoms with Gasteiger partial charge >= 0.3 is 5.69 Å². The van der Waals surface area contributed by atoms with Crippen LogP contribution in [0, 0.1) is 5.92 Å². The number of nitrogens with one attached hydrogen (secondary N) is 1. The van der Waals surface area contributed by atoms with E-state index in [2.05, 4.69) is 11.9 Å². The Balaban J connectivity index is 1.75. The summed E-state index contributed by atoms with van der Waals surface area (Å²) in [6, 6.07) is 11.5. The van der Waals surface area contributed by atoms with E-state index in [-0.39, 0.29) is 16.6 Å². The third kappa shape index (κ3) is 3.60. The van der Waals surface area contributed by atoms with Crippen molar-refractivity contribution in [2.75, 3.05) is 13.1 Å². The molecule has 0 bridgehead atoms. The first-order chi connectivity index (χ1) is 14.0. The number of H-pyrrole nitrogens is 1. The van der Waals surface area contributed by atoms with Crippen molar-refractivity contribution in [2.45, 2.75) is 26.2 Å². The second kappa shape index (κ2) is 7.87. The predicted octanol–water partition coefficient (Wildman–Crippen LogP) is 3.59. The van der Waals surface area contributed by atoms with Crippen molar-refractivity contribution in [3.05, 3.63) is 73.9 Å². The number of aromatic nitrogens is 2. The van der Waals surface area contributed by atoms with Crippen molar-refractivity contribution in [1.82, 2.24) is 14.5 Å². The van der Waals surface area contributed by atoms with Crippen molar-refractivity contribution in [3.63, 3.8) is 0 Å². The molecular weight excluding hydrogens is 390 g/mol. The molecule has 1 fully saturated rings. The van der Waals surface area contributed by atoms with E-state index in [1.807, 2.05) is 4.90 Å². The highest BCUT2D eigenvalue weighted by molar-refractivity contribution is 6.32. The van der Waals surface area contributed by atoms with Crippen LogP contribution in [0.25, 0.3) is 16.6 Å². The van der Waals surface area contributed by atoms with Gasteiger partial charge in [-0.15, -0.1) is 0 Å². The van der Waals surface area contributed by atoms with Crippen LogP contribution in [0.5, 0.6) is 0 Å². The van der Waals surface area contributed by atoms with Crippen molar-refractivity contribution in [1.29, 1.82) is 0 Å². The van der Waals surface area contributed by atoms with Crippen molar-refractivity contribution in [3.8, 4) is 5.69 Å². The number of hydrogen-bond donors (Lipinski definition) is 1. The molecule has 150 valence electrons. The number of amides is 1. The lowest BCUT2D eigenvalue weighted by Gasteiger charge is -2.31. The highest BCUT2D eigenvalue weighted by atomic mass is 35.5. The number of carbonyl (C=O) groups excluding carboxylic acids is 1. The highest BCUT2D eigenvalue weighted by Crippen LogP contribution is 2.24. The molecule has 0 saturated carbocycles. The van der Waals surface area contributed by atoms with Gasteiger partial charge in [-0.2, -0.15) is 0 Å². The zero-order valence-corrected chi connectivity index (χ0v) is 16.9. The number of rotatable bonds is 3. The van der Waals surface area contributed by atoms with Gasteiger partial charge in [0.1, 0.15) is 0 Å². The van der Waals surface area contributed by atoms with Gasteiger partial charge in [-0.3, -0.25) is 9.59 Å². The summed E-state index contributed by atoms with van der Waals surface area (Å²) >= 11 is 6.32. The van der Waals surface area contributed by atoms with Gasteiger partial charge in [-0.1, -0.05) is 37.1 Å². The Kier molecular flexibility index (Phi) is 5.28. The van der Waals surface area contributed by atoms with Crippen LogP contribution in [-0.2, 0) is 0 Å². The molecule has 1 amide bonds. The zero-order valence-electron chi connectivity index (χ0n) is 16.2. The Labute approximate surface area is 172 Å². The molecule has 0 atom stereocenters. The highest BCUT2D eigenvalue weighted by Gasteiger charge is 2.24. The van der Waals surface area contributed by atoms with E-state index in [4.69, 9.17) is 11.6 Å². The third-order valence-corrected chi connectivity index (χ3v) is 6.04. The number of para-hydroxylation sites is 1. The average molecular weight is 412 g/mol. The van der Waals surface area contributed by atoms with Crippen LogP contribution in [0.3, 0.4) is 0 Å². The second-order valence-corrected chi connectivity index (χ2v) is 7.83. The number of hydrogen-bond acceptors (Lipinski definition) is 3. The summed E-state index contributed by atoms with van der Waals surface area (Å²) in [6.07, 6.45) is 3.11. The molecule has 0 unspecified atom stereocenters. The number of likely N-dealkylation sites (tertiary alicyclic amines) is 1. The molecule has 1 N–H and O–H groups in total. The minimum absolute atomic E-state index is 0.109. The van der Waals surface area contributed by atoms with E-state index in [9.17, 15) is 14.4 Å². The van der Waals surface area contributed by atoms with E-state index in [0.29, 0.717) is 35.5 Å². The molecule has 7 heteroatoms. The molecule has 4 rings (SSSR count). The van der Waals surface area contributed by atoms with Gasteiger partial charge in [0.05, 0.1) is 21.6 Å². The maximum absolute atomic E-state index is 13.0. The predicted molar refractivity (Wildman–Crippen MR) is 114 cm³/mol. The SMILES string of the molecule is CCC1CCN(C(=O)c2ccc(Cl)c(-n3c(=O)[nH]c4ccccc4c3=O)c2)CC1. The lowest BCUT2D eigenvalue weighted by atomic mass is 9.94. The van der Waals surface area contributed by atoms with E-state index in [1.165, 1.54) is 6.07 Å². The molecule has 1 saturated heterocycles. The normalized spacial score (nSPS) is 15.0. The number of benzene rings is 2. The summed E-state index contributed by atoms with van der Waals surface area (Å²) in [5.74, 6) is 0.553. The molecule has 3 aromatic rings. The Morgan fingerprint density at radius 1 is 1.14 bits per heavy atom. The summed E-state index contributed by atoms with van der Waals surface area (Å²) < 4.78 is 0.991. The molecule has 1 aliphatic rings. The lowest BCUT2D eigenvalue weighted by molar-refractivity contribution is 0.0689. The smallest absolute Gasteiger partial charge is 0.333 e. The molecule has 6 nitrogen and oxygen atoms in total. The molecular formula is C22H22ClN3O3. The second-order valence-electron chi connectivity index (χ2n) is 7.43. The fourth-order valence-corrected chi connectivity index (χ4v) is 4.13. The first-order valence-corrected chi connectivity index (χ1v) is 10.2. The van der Waals surface area contributed by atoms with Gasteiger partial charge in [0, 0.05) is 18.7 Å².